The van der Waals surface area contributed by atoms with Gasteiger partial charge in [-0.2, -0.15) is 0 Å². The summed E-state index contributed by atoms with van der Waals surface area (Å²) in [5.74, 6) is 0. The molecule has 3 saturated heterocycles. The fraction of sp³-hybridized carbons (Fsp3) is 1.00. The van der Waals surface area contributed by atoms with E-state index in [0.717, 1.165) is 18.7 Å². The van der Waals surface area contributed by atoms with E-state index in [-0.39, 0.29) is 0 Å². The van der Waals surface area contributed by atoms with E-state index in [2.05, 4.69) is 10.2 Å². The molecule has 0 saturated carbocycles. The average Bonchev–Trinajstić information content (AvgIpc) is 3.10. The molecule has 3 rings (SSSR count). The molecular weight excluding hydrogens is 224 g/mol. The highest BCUT2D eigenvalue weighted by atomic mass is 16.5. The summed E-state index contributed by atoms with van der Waals surface area (Å²) in [6.07, 6.45) is 11.4. The second-order valence-electron chi connectivity index (χ2n) is 6.23. The van der Waals surface area contributed by atoms with E-state index in [1.54, 1.807) is 0 Å². The maximum Gasteiger partial charge on any atom is 0.0588 e. The molecule has 0 amide bonds. The van der Waals surface area contributed by atoms with Gasteiger partial charge in [0.25, 0.3) is 0 Å². The van der Waals surface area contributed by atoms with Gasteiger partial charge in [0.1, 0.15) is 0 Å². The van der Waals surface area contributed by atoms with Crippen molar-refractivity contribution in [2.75, 3.05) is 26.2 Å². The maximum absolute atomic E-state index is 5.76. The van der Waals surface area contributed by atoms with Crippen LogP contribution in [0.15, 0.2) is 0 Å². The lowest BCUT2D eigenvalue weighted by Crippen LogP contribution is -2.50. The molecule has 104 valence electrons. The Kier molecular flexibility index (Phi) is 4.55. The van der Waals surface area contributed by atoms with Gasteiger partial charge in [0.05, 0.1) is 6.10 Å². The van der Waals surface area contributed by atoms with Gasteiger partial charge in [0.15, 0.2) is 0 Å². The van der Waals surface area contributed by atoms with Gasteiger partial charge in [-0.3, -0.25) is 4.90 Å². The summed E-state index contributed by atoms with van der Waals surface area (Å²) in [6.45, 7) is 4.81. The molecule has 0 aliphatic carbocycles. The number of rotatable bonds is 4. The molecule has 0 aromatic carbocycles. The molecule has 3 heterocycles. The second-order valence-corrected chi connectivity index (χ2v) is 6.23. The van der Waals surface area contributed by atoms with Crippen molar-refractivity contribution in [1.82, 2.24) is 10.2 Å². The van der Waals surface area contributed by atoms with Crippen LogP contribution in [0.3, 0.4) is 0 Å². The fourth-order valence-corrected chi connectivity index (χ4v) is 3.97. The summed E-state index contributed by atoms with van der Waals surface area (Å²) < 4.78 is 5.76. The molecule has 0 radical (unpaired) electrons. The van der Waals surface area contributed by atoms with Gasteiger partial charge in [-0.25, -0.2) is 0 Å². The van der Waals surface area contributed by atoms with Crippen LogP contribution in [0.25, 0.3) is 0 Å². The monoisotopic (exact) mass is 252 g/mol. The van der Waals surface area contributed by atoms with Gasteiger partial charge >= 0.3 is 0 Å². The maximum atomic E-state index is 5.76. The van der Waals surface area contributed by atoms with E-state index in [0.29, 0.717) is 6.10 Å². The van der Waals surface area contributed by atoms with Crippen molar-refractivity contribution < 1.29 is 4.74 Å². The first-order chi connectivity index (χ1) is 8.93. The van der Waals surface area contributed by atoms with Crippen molar-refractivity contribution in [2.45, 2.75) is 69.6 Å². The third-order valence-electron chi connectivity index (χ3n) is 4.99. The molecule has 3 nitrogen and oxygen atoms in total. The summed E-state index contributed by atoms with van der Waals surface area (Å²) in [6, 6.07) is 1.58. The summed E-state index contributed by atoms with van der Waals surface area (Å²) in [7, 11) is 0. The van der Waals surface area contributed by atoms with Crippen LogP contribution in [0.5, 0.6) is 0 Å². The molecule has 1 N–H and O–H groups in total. The Morgan fingerprint density at radius 1 is 1.06 bits per heavy atom. The van der Waals surface area contributed by atoms with Gasteiger partial charge in [0.2, 0.25) is 0 Å². The molecule has 3 aliphatic heterocycles. The average molecular weight is 252 g/mol. The van der Waals surface area contributed by atoms with E-state index in [9.17, 15) is 0 Å². The lowest BCUT2D eigenvalue weighted by atomic mass is 9.94. The Bertz CT molecular complexity index is 247. The number of piperidine rings is 1. The van der Waals surface area contributed by atoms with Crippen LogP contribution in [0.1, 0.15) is 51.4 Å². The minimum atomic E-state index is 0.559. The van der Waals surface area contributed by atoms with Gasteiger partial charge < -0.3 is 10.1 Å². The van der Waals surface area contributed by atoms with Crippen molar-refractivity contribution in [2.24, 2.45) is 0 Å². The number of nitrogens with one attached hydrogen (secondary N) is 1. The summed E-state index contributed by atoms with van der Waals surface area (Å²) in [4.78, 5) is 2.76. The standard InChI is InChI=1S/C15H28N2O/c1-2-10-17(11-8-13-5-4-12-18-13)15(7-1)14-6-3-9-16-14/h13-16H,1-12H2. The topological polar surface area (TPSA) is 24.5 Å². The Labute approximate surface area is 111 Å². The Morgan fingerprint density at radius 2 is 2.06 bits per heavy atom. The smallest absolute Gasteiger partial charge is 0.0588 e. The van der Waals surface area contributed by atoms with E-state index < -0.39 is 0 Å². The highest BCUT2D eigenvalue weighted by Crippen LogP contribution is 2.25. The summed E-state index contributed by atoms with van der Waals surface area (Å²) >= 11 is 0. The molecular formula is C15H28N2O. The van der Waals surface area contributed by atoms with Gasteiger partial charge in [0, 0.05) is 25.2 Å². The Balaban J connectivity index is 1.50. The largest absolute Gasteiger partial charge is 0.378 e. The molecule has 0 aromatic rings. The minimum Gasteiger partial charge on any atom is -0.378 e. The molecule has 0 aromatic heterocycles. The molecule has 3 heteroatoms. The highest BCUT2D eigenvalue weighted by molar-refractivity contribution is 4.90. The molecule has 3 aliphatic rings. The number of hydrogen-bond donors (Lipinski definition) is 1. The normalized spacial score (nSPS) is 38.3. The van der Waals surface area contributed by atoms with Crippen molar-refractivity contribution in [3.05, 3.63) is 0 Å². The first-order valence-corrected chi connectivity index (χ1v) is 8.02. The van der Waals surface area contributed by atoms with Crippen molar-refractivity contribution in [3.63, 3.8) is 0 Å². The quantitative estimate of drug-likeness (QED) is 0.830. The molecule has 0 bridgehead atoms. The highest BCUT2D eigenvalue weighted by Gasteiger charge is 2.31. The van der Waals surface area contributed by atoms with Gasteiger partial charge in [-0.15, -0.1) is 0 Å². The summed E-state index contributed by atoms with van der Waals surface area (Å²) in [5.41, 5.74) is 0. The van der Waals surface area contributed by atoms with Crippen molar-refractivity contribution >= 4 is 0 Å². The zero-order chi connectivity index (χ0) is 12.2. The van der Waals surface area contributed by atoms with Crippen LogP contribution < -0.4 is 5.32 Å². The zero-order valence-electron chi connectivity index (χ0n) is 11.6. The molecule has 3 fully saturated rings. The minimum absolute atomic E-state index is 0.559. The third-order valence-corrected chi connectivity index (χ3v) is 4.99. The fourth-order valence-electron chi connectivity index (χ4n) is 3.97. The van der Waals surface area contributed by atoms with Crippen LogP contribution in [0, 0.1) is 0 Å². The van der Waals surface area contributed by atoms with E-state index in [1.807, 2.05) is 0 Å². The van der Waals surface area contributed by atoms with Crippen LogP contribution in [-0.4, -0.2) is 49.3 Å². The van der Waals surface area contributed by atoms with Crippen LogP contribution in [-0.2, 0) is 4.74 Å². The lowest BCUT2D eigenvalue weighted by molar-refractivity contribution is 0.0675. The zero-order valence-corrected chi connectivity index (χ0v) is 11.6. The first kappa shape index (κ1) is 12.9. The molecule has 3 atom stereocenters. The predicted molar refractivity (Wildman–Crippen MR) is 73.8 cm³/mol. The SMILES string of the molecule is C1COC(CCN2CCCCC2C2CCCN2)C1. The van der Waals surface area contributed by atoms with Crippen molar-refractivity contribution in [3.8, 4) is 0 Å². The van der Waals surface area contributed by atoms with Crippen LogP contribution >= 0.6 is 0 Å². The van der Waals surface area contributed by atoms with Crippen molar-refractivity contribution in [1.29, 1.82) is 0 Å². The molecule has 0 spiro atoms. The van der Waals surface area contributed by atoms with E-state index in [1.165, 1.54) is 71.0 Å². The summed E-state index contributed by atoms with van der Waals surface area (Å²) in [5, 5.41) is 3.71. The van der Waals surface area contributed by atoms with E-state index >= 15 is 0 Å². The number of hydrogen-bond acceptors (Lipinski definition) is 3. The lowest BCUT2D eigenvalue weighted by Gasteiger charge is -2.39. The van der Waals surface area contributed by atoms with Crippen LogP contribution in [0.4, 0.5) is 0 Å². The second kappa shape index (κ2) is 6.36. The van der Waals surface area contributed by atoms with Crippen LogP contribution in [0.2, 0.25) is 0 Å². The molecule has 3 unspecified atom stereocenters. The first-order valence-electron chi connectivity index (χ1n) is 8.02. The third kappa shape index (κ3) is 3.06. The Morgan fingerprint density at radius 3 is 2.83 bits per heavy atom. The van der Waals surface area contributed by atoms with Gasteiger partial charge in [-0.1, -0.05) is 6.42 Å². The number of nitrogens with zero attached hydrogens (tertiary/aromatic N) is 1. The number of ether oxygens (including phenoxy) is 1. The van der Waals surface area contributed by atoms with E-state index in [4.69, 9.17) is 4.74 Å². The Hall–Kier alpha value is -0.120. The molecule has 18 heavy (non-hydrogen) atoms. The number of likely N-dealkylation sites (tertiary alicyclic amines) is 1. The predicted octanol–water partition coefficient (Wildman–Crippen LogP) is 2.16. The van der Waals surface area contributed by atoms with Gasteiger partial charge in [-0.05, 0) is 58.0 Å².